The van der Waals surface area contributed by atoms with Crippen molar-refractivity contribution in [3.63, 3.8) is 0 Å². The van der Waals surface area contributed by atoms with Crippen LogP contribution in [0.3, 0.4) is 0 Å². The summed E-state index contributed by atoms with van der Waals surface area (Å²) in [4.78, 5) is 26.4. The highest BCUT2D eigenvalue weighted by Gasteiger charge is 2.34. The molecule has 2 amide bonds. The van der Waals surface area contributed by atoms with Gasteiger partial charge < -0.3 is 10.2 Å². The summed E-state index contributed by atoms with van der Waals surface area (Å²) in [5, 5.41) is 2.91. The Kier molecular flexibility index (Phi) is 5.35. The Bertz CT molecular complexity index is 814. The van der Waals surface area contributed by atoms with Crippen LogP contribution in [-0.2, 0) is 16.0 Å². The van der Waals surface area contributed by atoms with Gasteiger partial charge in [-0.2, -0.15) is 0 Å². The SMILES string of the molecule is Cc1cc(C)cc(NC(=O)C2CC(=O)N(CCc3ccccc3F)C2)c1. The van der Waals surface area contributed by atoms with Gasteiger partial charge in [-0.1, -0.05) is 24.3 Å². The molecule has 26 heavy (non-hydrogen) atoms. The van der Waals surface area contributed by atoms with E-state index >= 15 is 0 Å². The number of carbonyl (C=O) groups excluding carboxylic acids is 2. The maximum Gasteiger partial charge on any atom is 0.229 e. The molecule has 1 fully saturated rings. The average Bonchev–Trinajstić information content (AvgIpc) is 2.94. The lowest BCUT2D eigenvalue weighted by atomic mass is 10.1. The minimum absolute atomic E-state index is 0.0538. The molecule has 2 aromatic rings. The number of carbonyl (C=O) groups is 2. The summed E-state index contributed by atoms with van der Waals surface area (Å²) in [7, 11) is 0. The molecule has 4 nitrogen and oxygen atoms in total. The Morgan fingerprint density at radius 1 is 1.19 bits per heavy atom. The topological polar surface area (TPSA) is 49.4 Å². The van der Waals surface area contributed by atoms with Gasteiger partial charge >= 0.3 is 0 Å². The molecule has 0 aromatic heterocycles. The lowest BCUT2D eigenvalue weighted by Crippen LogP contribution is -2.30. The Labute approximate surface area is 153 Å². The first-order chi connectivity index (χ1) is 12.4. The molecule has 1 N–H and O–H groups in total. The largest absolute Gasteiger partial charge is 0.342 e. The second kappa shape index (κ2) is 7.68. The van der Waals surface area contributed by atoms with Gasteiger partial charge in [0.1, 0.15) is 5.82 Å². The van der Waals surface area contributed by atoms with E-state index < -0.39 is 0 Å². The van der Waals surface area contributed by atoms with Crippen molar-refractivity contribution in [3.8, 4) is 0 Å². The first-order valence-electron chi connectivity index (χ1n) is 8.82. The van der Waals surface area contributed by atoms with Gasteiger partial charge in [-0.15, -0.1) is 0 Å². The minimum atomic E-state index is -0.371. The van der Waals surface area contributed by atoms with Crippen LogP contribution in [0.5, 0.6) is 0 Å². The maximum absolute atomic E-state index is 13.7. The van der Waals surface area contributed by atoms with Gasteiger partial charge in [-0.3, -0.25) is 9.59 Å². The molecule has 1 aliphatic rings. The Morgan fingerprint density at radius 2 is 1.88 bits per heavy atom. The standard InChI is InChI=1S/C21H23FN2O2/c1-14-9-15(2)11-18(10-14)23-21(26)17-12-20(25)24(13-17)8-7-16-5-3-4-6-19(16)22/h3-6,9-11,17H,7-8,12-13H2,1-2H3,(H,23,26). The lowest BCUT2D eigenvalue weighted by Gasteiger charge is -2.17. The monoisotopic (exact) mass is 354 g/mol. The van der Waals surface area contributed by atoms with Gasteiger partial charge in [0.05, 0.1) is 5.92 Å². The van der Waals surface area contributed by atoms with Gasteiger partial charge in [0.15, 0.2) is 0 Å². The van der Waals surface area contributed by atoms with Crippen molar-refractivity contribution in [3.05, 3.63) is 65.0 Å². The second-order valence-electron chi connectivity index (χ2n) is 6.95. The molecule has 1 aliphatic heterocycles. The molecule has 1 heterocycles. The number of aryl methyl sites for hydroxylation is 2. The number of likely N-dealkylation sites (tertiary alicyclic amines) is 1. The number of benzene rings is 2. The van der Waals surface area contributed by atoms with Gasteiger partial charge in [-0.05, 0) is 55.2 Å². The summed E-state index contributed by atoms with van der Waals surface area (Å²) in [5.41, 5.74) is 3.50. The molecule has 3 rings (SSSR count). The van der Waals surface area contributed by atoms with Crippen LogP contribution in [0.4, 0.5) is 10.1 Å². The van der Waals surface area contributed by atoms with Crippen LogP contribution in [0.25, 0.3) is 0 Å². The number of rotatable bonds is 5. The zero-order valence-corrected chi connectivity index (χ0v) is 15.1. The Balaban J connectivity index is 1.58. The number of amides is 2. The highest BCUT2D eigenvalue weighted by molar-refractivity contribution is 5.97. The summed E-state index contributed by atoms with van der Waals surface area (Å²) >= 11 is 0. The van der Waals surface area contributed by atoms with Crippen molar-refractivity contribution in [1.29, 1.82) is 0 Å². The molecule has 136 valence electrons. The minimum Gasteiger partial charge on any atom is -0.342 e. The van der Waals surface area contributed by atoms with E-state index in [2.05, 4.69) is 5.32 Å². The van der Waals surface area contributed by atoms with Gasteiger partial charge in [0.25, 0.3) is 0 Å². The summed E-state index contributed by atoms with van der Waals surface area (Å²) in [5.74, 6) is -0.828. The Morgan fingerprint density at radius 3 is 2.58 bits per heavy atom. The van der Waals surface area contributed by atoms with Crippen LogP contribution < -0.4 is 5.32 Å². The summed E-state index contributed by atoms with van der Waals surface area (Å²) in [6.07, 6.45) is 0.651. The second-order valence-corrected chi connectivity index (χ2v) is 6.95. The number of halogens is 1. The normalized spacial score (nSPS) is 16.8. The van der Waals surface area contributed by atoms with Crippen molar-refractivity contribution in [2.24, 2.45) is 5.92 Å². The zero-order valence-electron chi connectivity index (χ0n) is 15.1. The molecule has 0 aliphatic carbocycles. The average molecular weight is 354 g/mol. The number of nitrogens with zero attached hydrogens (tertiary/aromatic N) is 1. The molecule has 5 heteroatoms. The molecule has 0 bridgehead atoms. The third-order valence-electron chi connectivity index (χ3n) is 4.68. The van der Waals surface area contributed by atoms with E-state index in [1.807, 2.05) is 32.0 Å². The number of hydrogen-bond donors (Lipinski definition) is 1. The van der Waals surface area contributed by atoms with E-state index in [-0.39, 0.29) is 30.0 Å². The van der Waals surface area contributed by atoms with E-state index in [9.17, 15) is 14.0 Å². The fraction of sp³-hybridized carbons (Fsp3) is 0.333. The highest BCUT2D eigenvalue weighted by atomic mass is 19.1. The summed E-state index contributed by atoms with van der Waals surface area (Å²) in [6, 6.07) is 12.4. The maximum atomic E-state index is 13.7. The molecule has 1 unspecified atom stereocenters. The van der Waals surface area contributed by atoms with Crippen LogP contribution in [0, 0.1) is 25.6 Å². The predicted octanol–water partition coefficient (Wildman–Crippen LogP) is 3.47. The van der Waals surface area contributed by atoms with Crippen LogP contribution in [0.1, 0.15) is 23.1 Å². The highest BCUT2D eigenvalue weighted by Crippen LogP contribution is 2.22. The van der Waals surface area contributed by atoms with Crippen molar-refractivity contribution >= 4 is 17.5 Å². The van der Waals surface area contributed by atoms with Gasteiger partial charge in [0.2, 0.25) is 11.8 Å². The summed E-state index contributed by atoms with van der Waals surface area (Å²) < 4.78 is 13.7. The molecule has 0 spiro atoms. The summed E-state index contributed by atoms with van der Waals surface area (Å²) in [6.45, 7) is 4.76. The molecular weight excluding hydrogens is 331 g/mol. The lowest BCUT2D eigenvalue weighted by molar-refractivity contribution is -0.128. The number of hydrogen-bond acceptors (Lipinski definition) is 2. The van der Waals surface area contributed by atoms with E-state index in [0.717, 1.165) is 16.8 Å². The van der Waals surface area contributed by atoms with Crippen LogP contribution in [-0.4, -0.2) is 29.8 Å². The van der Waals surface area contributed by atoms with E-state index in [0.29, 0.717) is 25.1 Å². The zero-order chi connectivity index (χ0) is 18.7. The molecule has 2 aromatic carbocycles. The van der Waals surface area contributed by atoms with Crippen LogP contribution >= 0.6 is 0 Å². The fourth-order valence-corrected chi connectivity index (χ4v) is 3.41. The van der Waals surface area contributed by atoms with Crippen molar-refractivity contribution in [2.75, 3.05) is 18.4 Å². The number of anilines is 1. The molecular formula is C21H23FN2O2. The first-order valence-corrected chi connectivity index (χ1v) is 8.82. The molecule has 1 atom stereocenters. The molecule has 1 saturated heterocycles. The smallest absolute Gasteiger partial charge is 0.229 e. The van der Waals surface area contributed by atoms with Crippen LogP contribution in [0.2, 0.25) is 0 Å². The Hall–Kier alpha value is -2.69. The third kappa shape index (κ3) is 4.28. The predicted molar refractivity (Wildman–Crippen MR) is 99.3 cm³/mol. The van der Waals surface area contributed by atoms with Crippen LogP contribution in [0.15, 0.2) is 42.5 Å². The van der Waals surface area contributed by atoms with Gasteiger partial charge in [-0.25, -0.2) is 4.39 Å². The van der Waals surface area contributed by atoms with Crippen molar-refractivity contribution in [1.82, 2.24) is 4.90 Å². The third-order valence-corrected chi connectivity index (χ3v) is 4.68. The van der Waals surface area contributed by atoms with Crippen molar-refractivity contribution in [2.45, 2.75) is 26.7 Å². The molecule has 0 saturated carbocycles. The van der Waals surface area contributed by atoms with E-state index in [1.165, 1.54) is 6.07 Å². The number of nitrogens with one attached hydrogen (secondary N) is 1. The van der Waals surface area contributed by atoms with E-state index in [4.69, 9.17) is 0 Å². The fourth-order valence-electron chi connectivity index (χ4n) is 3.41. The quantitative estimate of drug-likeness (QED) is 0.894. The first kappa shape index (κ1) is 18.1. The molecule has 0 radical (unpaired) electrons. The van der Waals surface area contributed by atoms with Crippen molar-refractivity contribution < 1.29 is 14.0 Å². The van der Waals surface area contributed by atoms with Gasteiger partial charge in [0, 0.05) is 25.2 Å². The van der Waals surface area contributed by atoms with E-state index in [1.54, 1.807) is 23.1 Å².